The van der Waals surface area contributed by atoms with Crippen molar-refractivity contribution in [2.24, 2.45) is 0 Å². The zero-order valence-electron chi connectivity index (χ0n) is 11.7. The first kappa shape index (κ1) is 13.4. The van der Waals surface area contributed by atoms with Crippen LogP contribution in [-0.2, 0) is 4.74 Å². The molecule has 2 unspecified atom stereocenters. The monoisotopic (exact) mass is 252 g/mol. The number of rotatable bonds is 2. The van der Waals surface area contributed by atoms with Crippen molar-refractivity contribution in [3.63, 3.8) is 0 Å². The van der Waals surface area contributed by atoms with Crippen LogP contribution >= 0.6 is 0 Å². The molecule has 2 heterocycles. The Balaban J connectivity index is 2.00. The summed E-state index contributed by atoms with van der Waals surface area (Å²) in [4.78, 5) is 16.5. The van der Waals surface area contributed by atoms with Gasteiger partial charge >= 0.3 is 6.09 Å². The molecule has 4 nitrogen and oxygen atoms in total. The van der Waals surface area contributed by atoms with Gasteiger partial charge in [-0.2, -0.15) is 0 Å². The lowest BCUT2D eigenvalue weighted by Crippen LogP contribution is -2.56. The van der Waals surface area contributed by atoms with Gasteiger partial charge in [0.15, 0.2) is 0 Å². The summed E-state index contributed by atoms with van der Waals surface area (Å²) in [5.74, 6) is 0. The molecule has 2 atom stereocenters. The van der Waals surface area contributed by atoms with E-state index in [2.05, 4.69) is 11.5 Å². The van der Waals surface area contributed by atoms with Crippen LogP contribution in [0.3, 0.4) is 0 Å². The number of hydrogen-bond acceptors (Lipinski definition) is 3. The van der Waals surface area contributed by atoms with Crippen molar-refractivity contribution < 1.29 is 9.53 Å². The van der Waals surface area contributed by atoms with Gasteiger partial charge in [-0.05, 0) is 33.6 Å². The molecule has 0 aromatic heterocycles. The van der Waals surface area contributed by atoms with Crippen molar-refractivity contribution in [1.82, 2.24) is 9.80 Å². The van der Waals surface area contributed by atoms with Crippen LogP contribution in [0, 0.1) is 0 Å². The number of carbonyl (C=O) groups is 1. The minimum absolute atomic E-state index is 0.145. The Labute approximate surface area is 110 Å². The maximum atomic E-state index is 12.2. The van der Waals surface area contributed by atoms with E-state index in [0.717, 1.165) is 32.5 Å². The van der Waals surface area contributed by atoms with Crippen LogP contribution < -0.4 is 0 Å². The molecular formula is C14H24N2O2. The van der Waals surface area contributed by atoms with Gasteiger partial charge in [-0.3, -0.25) is 9.80 Å². The number of amides is 1. The van der Waals surface area contributed by atoms with Gasteiger partial charge in [0, 0.05) is 31.7 Å². The predicted molar refractivity (Wildman–Crippen MR) is 71.5 cm³/mol. The van der Waals surface area contributed by atoms with Gasteiger partial charge < -0.3 is 4.74 Å². The number of ether oxygens (including phenoxy) is 1. The Hall–Kier alpha value is -1.03. The first-order valence-electron chi connectivity index (χ1n) is 6.75. The molecule has 0 saturated carbocycles. The van der Waals surface area contributed by atoms with Gasteiger partial charge in [0.1, 0.15) is 5.60 Å². The highest BCUT2D eigenvalue weighted by Gasteiger charge is 2.43. The summed E-state index contributed by atoms with van der Waals surface area (Å²) >= 11 is 0. The third-order valence-corrected chi connectivity index (χ3v) is 3.55. The second kappa shape index (κ2) is 4.92. The number of nitrogens with zero attached hydrogens (tertiary/aromatic N) is 2. The summed E-state index contributed by atoms with van der Waals surface area (Å²) < 4.78 is 5.50. The summed E-state index contributed by atoms with van der Waals surface area (Å²) in [5, 5.41) is 0. The molecule has 0 spiro atoms. The lowest BCUT2D eigenvalue weighted by atomic mass is 10.2. The fraction of sp³-hybridized carbons (Fsp3) is 0.786. The lowest BCUT2D eigenvalue weighted by molar-refractivity contribution is -0.00288. The van der Waals surface area contributed by atoms with Gasteiger partial charge in [-0.1, -0.05) is 6.08 Å². The van der Waals surface area contributed by atoms with Crippen LogP contribution in [0.15, 0.2) is 12.7 Å². The zero-order valence-corrected chi connectivity index (χ0v) is 11.7. The van der Waals surface area contributed by atoms with Crippen LogP contribution in [0.2, 0.25) is 0 Å². The molecule has 0 aromatic rings. The quantitative estimate of drug-likeness (QED) is 0.707. The van der Waals surface area contributed by atoms with Crippen LogP contribution in [0.25, 0.3) is 0 Å². The molecule has 1 amide bonds. The van der Waals surface area contributed by atoms with Crippen LogP contribution in [0.4, 0.5) is 4.79 Å². The lowest BCUT2D eigenvalue weighted by Gasteiger charge is -2.41. The van der Waals surface area contributed by atoms with E-state index in [0.29, 0.717) is 12.1 Å². The largest absolute Gasteiger partial charge is 0.444 e. The molecular weight excluding hydrogens is 228 g/mol. The summed E-state index contributed by atoms with van der Waals surface area (Å²) in [6.45, 7) is 12.3. The Kier molecular flexibility index (Phi) is 3.66. The van der Waals surface area contributed by atoms with Gasteiger partial charge in [-0.15, -0.1) is 6.58 Å². The van der Waals surface area contributed by atoms with E-state index < -0.39 is 5.60 Å². The highest BCUT2D eigenvalue weighted by atomic mass is 16.6. The summed E-state index contributed by atoms with van der Waals surface area (Å²) in [5.41, 5.74) is -0.408. The molecule has 18 heavy (non-hydrogen) atoms. The summed E-state index contributed by atoms with van der Waals surface area (Å²) in [6.07, 6.45) is 3.98. The zero-order chi connectivity index (χ0) is 13.3. The molecule has 0 radical (unpaired) electrons. The van der Waals surface area contributed by atoms with Crippen molar-refractivity contribution in [3.8, 4) is 0 Å². The maximum absolute atomic E-state index is 12.2. The molecule has 0 N–H and O–H groups in total. The van der Waals surface area contributed by atoms with E-state index >= 15 is 0 Å². The number of piperazine rings is 1. The Morgan fingerprint density at radius 1 is 1.33 bits per heavy atom. The van der Waals surface area contributed by atoms with Crippen LogP contribution in [-0.4, -0.2) is 53.2 Å². The van der Waals surface area contributed by atoms with Gasteiger partial charge in [0.05, 0.1) is 0 Å². The highest BCUT2D eigenvalue weighted by Crippen LogP contribution is 2.31. The van der Waals surface area contributed by atoms with Crippen molar-refractivity contribution in [2.75, 3.05) is 19.6 Å². The minimum atomic E-state index is -0.408. The van der Waals surface area contributed by atoms with E-state index in [1.807, 2.05) is 31.7 Å². The third-order valence-electron chi connectivity index (χ3n) is 3.55. The van der Waals surface area contributed by atoms with E-state index in [1.165, 1.54) is 0 Å². The van der Waals surface area contributed by atoms with Crippen molar-refractivity contribution in [3.05, 3.63) is 12.7 Å². The average Bonchev–Trinajstić information content (AvgIpc) is 2.49. The van der Waals surface area contributed by atoms with Gasteiger partial charge in [-0.25, -0.2) is 4.79 Å². The van der Waals surface area contributed by atoms with E-state index in [4.69, 9.17) is 4.74 Å². The van der Waals surface area contributed by atoms with E-state index in [9.17, 15) is 4.79 Å². The molecule has 102 valence electrons. The molecule has 2 fully saturated rings. The van der Waals surface area contributed by atoms with Gasteiger partial charge in [0.2, 0.25) is 0 Å². The third kappa shape index (κ3) is 2.86. The first-order chi connectivity index (χ1) is 8.40. The fourth-order valence-corrected chi connectivity index (χ4v) is 2.93. The molecule has 4 heteroatoms. The Morgan fingerprint density at radius 3 is 2.33 bits per heavy atom. The second-order valence-corrected chi connectivity index (χ2v) is 6.28. The second-order valence-electron chi connectivity index (χ2n) is 6.28. The standard InChI is InChI=1S/C14H24N2O2/c1-5-8-15-9-11-6-7-12(10-15)16(11)13(17)18-14(2,3)4/h5,11-12H,1,6-10H2,2-4H3. The van der Waals surface area contributed by atoms with Crippen molar-refractivity contribution >= 4 is 6.09 Å². The van der Waals surface area contributed by atoms with Crippen molar-refractivity contribution in [2.45, 2.75) is 51.3 Å². The topological polar surface area (TPSA) is 32.8 Å². The molecule has 2 rings (SSSR count). The van der Waals surface area contributed by atoms with Gasteiger partial charge in [0.25, 0.3) is 0 Å². The average molecular weight is 252 g/mol. The van der Waals surface area contributed by atoms with E-state index in [-0.39, 0.29) is 6.09 Å². The summed E-state index contributed by atoms with van der Waals surface area (Å²) in [7, 11) is 0. The summed E-state index contributed by atoms with van der Waals surface area (Å²) in [6, 6.07) is 0.636. The molecule has 0 aliphatic carbocycles. The normalized spacial score (nSPS) is 28.3. The Morgan fingerprint density at radius 2 is 1.89 bits per heavy atom. The Bertz CT molecular complexity index is 321. The first-order valence-corrected chi connectivity index (χ1v) is 6.75. The number of carbonyl (C=O) groups excluding carboxylic acids is 1. The number of fused-ring (bicyclic) bond motifs is 2. The molecule has 2 aliphatic rings. The minimum Gasteiger partial charge on any atom is -0.444 e. The highest BCUT2D eigenvalue weighted by molar-refractivity contribution is 5.69. The predicted octanol–water partition coefficient (Wildman–Crippen LogP) is 2.26. The SMILES string of the molecule is C=CCN1CC2CCC(C1)N2C(=O)OC(C)(C)C. The molecule has 2 bridgehead atoms. The fourth-order valence-electron chi connectivity index (χ4n) is 2.93. The number of likely N-dealkylation sites (tertiary alicyclic amines) is 1. The molecule has 0 aromatic carbocycles. The van der Waals surface area contributed by atoms with Crippen LogP contribution in [0.1, 0.15) is 33.6 Å². The molecule has 2 saturated heterocycles. The number of hydrogen-bond donors (Lipinski definition) is 0. The van der Waals surface area contributed by atoms with Crippen LogP contribution in [0.5, 0.6) is 0 Å². The molecule has 2 aliphatic heterocycles. The van der Waals surface area contributed by atoms with E-state index in [1.54, 1.807) is 0 Å². The maximum Gasteiger partial charge on any atom is 0.410 e. The smallest absolute Gasteiger partial charge is 0.410 e. The van der Waals surface area contributed by atoms with Crippen molar-refractivity contribution in [1.29, 1.82) is 0 Å².